The third-order valence-corrected chi connectivity index (χ3v) is 7.04. The molecule has 0 fully saturated rings. The molecule has 10 heteroatoms. The van der Waals surface area contributed by atoms with Crippen LogP contribution >= 0.6 is 0 Å². The highest BCUT2D eigenvalue weighted by Gasteiger charge is 2.35. The van der Waals surface area contributed by atoms with Crippen LogP contribution in [0.5, 0.6) is 0 Å². The van der Waals surface area contributed by atoms with Crippen molar-refractivity contribution >= 4 is 22.8 Å². The maximum atomic E-state index is 13.8. The Labute approximate surface area is 221 Å². The number of imidazole rings is 1. The van der Waals surface area contributed by atoms with Crippen LogP contribution in [0.2, 0.25) is 0 Å². The second kappa shape index (κ2) is 9.37. The van der Waals surface area contributed by atoms with Crippen LogP contribution in [0, 0.1) is 6.92 Å². The molecule has 3 heterocycles. The Morgan fingerprint density at radius 2 is 1.82 bits per heavy atom. The van der Waals surface area contributed by atoms with Crippen LogP contribution in [-0.4, -0.2) is 24.7 Å². The van der Waals surface area contributed by atoms with Crippen LogP contribution in [-0.2, 0) is 32.0 Å². The average molecular weight is 532 g/mol. The van der Waals surface area contributed by atoms with Crippen LogP contribution in [0.15, 0.2) is 57.8 Å². The number of aryl methyl sites for hydroxylation is 4. The second-order valence-electron chi connectivity index (χ2n) is 9.64. The number of hydrogen-bond acceptors (Lipinski definition) is 5. The number of alkyl halides is 3. The molecule has 0 radical (unpaired) electrons. The summed E-state index contributed by atoms with van der Waals surface area (Å²) in [5.41, 5.74) is 5.76. The Balaban J connectivity index is 1.46. The van der Waals surface area contributed by atoms with Gasteiger partial charge in [-0.15, -0.1) is 0 Å². The summed E-state index contributed by atoms with van der Waals surface area (Å²) in [5, 5.41) is 3.82. The van der Waals surface area contributed by atoms with Gasteiger partial charge in [0, 0.05) is 12.1 Å². The predicted molar refractivity (Wildman–Crippen MR) is 140 cm³/mol. The minimum absolute atomic E-state index is 0.123. The number of benzene rings is 2. The maximum Gasteiger partial charge on any atom is 0.439 e. The standard InChI is InChI=1S/C29H24F3N5O2/c1-3-25-35-26-23(29(30,31)32)12-16(2)33-27(26)37(25)15-17-8-11-21-19(13-17)10-9-18-6-4-5-7-20(18)22(21)14-24-34-28(38)39-36-24/h4-8,11-14H,3,9-10,15H2,1-2H3,(H,34,36,38)/b22-14+. The summed E-state index contributed by atoms with van der Waals surface area (Å²) in [6, 6.07) is 15.2. The summed E-state index contributed by atoms with van der Waals surface area (Å²) in [5.74, 6) is 0.240. The summed E-state index contributed by atoms with van der Waals surface area (Å²) < 4.78 is 47.8. The van der Waals surface area contributed by atoms with E-state index in [1.165, 1.54) is 5.56 Å². The van der Waals surface area contributed by atoms with Gasteiger partial charge < -0.3 is 4.57 Å². The SMILES string of the molecule is CCc1nc2c(C(F)(F)F)cc(C)nc2n1Cc1ccc2c(c1)CCc1ccccc1/C2=C\c1noc(=O)[nH]1. The maximum absolute atomic E-state index is 13.8. The normalized spacial score (nSPS) is 14.4. The number of rotatable bonds is 4. The molecule has 0 atom stereocenters. The van der Waals surface area contributed by atoms with Crippen LogP contribution in [0.4, 0.5) is 13.2 Å². The van der Waals surface area contributed by atoms with E-state index in [-0.39, 0.29) is 11.2 Å². The van der Waals surface area contributed by atoms with Gasteiger partial charge in [-0.1, -0.05) is 54.5 Å². The Hall–Kier alpha value is -4.47. The monoisotopic (exact) mass is 531 g/mol. The highest BCUT2D eigenvalue weighted by molar-refractivity contribution is 5.93. The molecule has 0 amide bonds. The molecular weight excluding hydrogens is 507 g/mol. The minimum Gasteiger partial charge on any atom is -0.308 e. The molecule has 198 valence electrons. The van der Waals surface area contributed by atoms with Crippen LogP contribution in [0.25, 0.3) is 22.8 Å². The van der Waals surface area contributed by atoms with Gasteiger partial charge in [0.1, 0.15) is 11.3 Å². The third kappa shape index (κ3) is 4.56. The van der Waals surface area contributed by atoms with E-state index in [0.29, 0.717) is 30.3 Å². The van der Waals surface area contributed by atoms with Crippen molar-refractivity contribution in [2.24, 2.45) is 0 Å². The molecule has 5 aromatic rings. The molecule has 0 spiro atoms. The van der Waals surface area contributed by atoms with Gasteiger partial charge in [0.25, 0.3) is 0 Å². The van der Waals surface area contributed by atoms with E-state index in [1.807, 2.05) is 37.3 Å². The predicted octanol–water partition coefficient (Wildman–Crippen LogP) is 5.73. The van der Waals surface area contributed by atoms with E-state index in [0.717, 1.165) is 46.7 Å². The van der Waals surface area contributed by atoms with Crippen molar-refractivity contribution in [2.75, 3.05) is 0 Å². The minimum atomic E-state index is -4.52. The van der Waals surface area contributed by atoms with Gasteiger partial charge in [0.2, 0.25) is 0 Å². The first-order chi connectivity index (χ1) is 18.7. The number of fused-ring (bicyclic) bond motifs is 3. The first-order valence-electron chi connectivity index (χ1n) is 12.6. The van der Waals surface area contributed by atoms with E-state index in [2.05, 4.69) is 32.2 Å². The lowest BCUT2D eigenvalue weighted by atomic mass is 9.92. The van der Waals surface area contributed by atoms with Gasteiger partial charge in [-0.3, -0.25) is 9.51 Å². The van der Waals surface area contributed by atoms with Crippen molar-refractivity contribution < 1.29 is 17.7 Å². The summed E-state index contributed by atoms with van der Waals surface area (Å²) in [6.07, 6.45) is -0.670. The van der Waals surface area contributed by atoms with Crippen LogP contribution in [0.1, 0.15) is 57.6 Å². The molecule has 0 saturated heterocycles. The number of aromatic nitrogens is 5. The highest BCUT2D eigenvalue weighted by atomic mass is 19.4. The van der Waals surface area contributed by atoms with Crippen molar-refractivity contribution in [3.63, 3.8) is 0 Å². The van der Waals surface area contributed by atoms with Crippen LogP contribution in [0.3, 0.4) is 0 Å². The summed E-state index contributed by atoms with van der Waals surface area (Å²) in [7, 11) is 0. The number of nitrogens with zero attached hydrogens (tertiary/aromatic N) is 4. The van der Waals surface area contributed by atoms with Crippen molar-refractivity contribution in [3.05, 3.63) is 110 Å². The van der Waals surface area contributed by atoms with E-state index in [1.54, 1.807) is 17.6 Å². The van der Waals surface area contributed by atoms with Crippen molar-refractivity contribution in [1.82, 2.24) is 24.7 Å². The average Bonchev–Trinajstić information content (AvgIpc) is 3.43. The summed E-state index contributed by atoms with van der Waals surface area (Å²) >= 11 is 0. The number of pyridine rings is 1. The molecule has 0 unspecified atom stereocenters. The van der Waals surface area contributed by atoms with Crippen molar-refractivity contribution in [3.8, 4) is 0 Å². The molecule has 1 aliphatic carbocycles. The number of H-pyrrole nitrogens is 1. The smallest absolute Gasteiger partial charge is 0.308 e. The van der Waals surface area contributed by atoms with E-state index >= 15 is 0 Å². The van der Waals surface area contributed by atoms with Gasteiger partial charge in [0.05, 0.1) is 12.1 Å². The highest BCUT2D eigenvalue weighted by Crippen LogP contribution is 2.37. The lowest BCUT2D eigenvalue weighted by Crippen LogP contribution is -2.09. The number of aromatic amines is 1. The molecule has 39 heavy (non-hydrogen) atoms. The van der Waals surface area contributed by atoms with E-state index < -0.39 is 17.5 Å². The van der Waals surface area contributed by atoms with E-state index in [4.69, 9.17) is 4.52 Å². The fourth-order valence-corrected chi connectivity index (χ4v) is 5.32. The molecule has 0 saturated carbocycles. The zero-order valence-electron chi connectivity index (χ0n) is 21.3. The molecule has 1 N–H and O–H groups in total. The molecule has 6 rings (SSSR count). The number of nitrogens with one attached hydrogen (secondary N) is 1. The largest absolute Gasteiger partial charge is 0.439 e. The number of hydrogen-bond donors (Lipinski definition) is 1. The second-order valence-corrected chi connectivity index (χ2v) is 9.64. The molecule has 7 nitrogen and oxygen atoms in total. The Morgan fingerprint density at radius 1 is 1.05 bits per heavy atom. The summed E-state index contributed by atoms with van der Waals surface area (Å²) in [6.45, 7) is 3.77. The number of halogens is 3. The van der Waals surface area contributed by atoms with Crippen molar-refractivity contribution in [1.29, 1.82) is 0 Å². The first-order valence-corrected chi connectivity index (χ1v) is 12.6. The van der Waals surface area contributed by atoms with Gasteiger partial charge in [-0.25, -0.2) is 14.8 Å². The first kappa shape index (κ1) is 24.8. The molecule has 1 aliphatic rings. The lowest BCUT2D eigenvalue weighted by molar-refractivity contribution is -0.136. The van der Waals surface area contributed by atoms with Crippen LogP contribution < -0.4 is 5.76 Å². The van der Waals surface area contributed by atoms with Crippen molar-refractivity contribution in [2.45, 2.75) is 45.8 Å². The quantitative estimate of drug-likeness (QED) is 0.320. The molecule has 0 bridgehead atoms. The fraction of sp³-hybridized carbons (Fsp3) is 0.241. The Morgan fingerprint density at radius 3 is 2.56 bits per heavy atom. The lowest BCUT2D eigenvalue weighted by Gasteiger charge is -2.14. The third-order valence-electron chi connectivity index (χ3n) is 7.04. The Bertz CT molecular complexity index is 1810. The fourth-order valence-electron chi connectivity index (χ4n) is 5.32. The van der Waals surface area contributed by atoms with Gasteiger partial charge in [-0.05, 0) is 65.3 Å². The topological polar surface area (TPSA) is 89.6 Å². The van der Waals surface area contributed by atoms with Gasteiger partial charge in [0.15, 0.2) is 11.5 Å². The zero-order chi connectivity index (χ0) is 27.3. The zero-order valence-corrected chi connectivity index (χ0v) is 21.3. The molecule has 2 aromatic carbocycles. The molecule has 0 aliphatic heterocycles. The Kier molecular flexibility index (Phi) is 5.97. The molecule has 3 aromatic heterocycles. The van der Waals surface area contributed by atoms with E-state index in [9.17, 15) is 18.0 Å². The summed E-state index contributed by atoms with van der Waals surface area (Å²) in [4.78, 5) is 22.9. The van der Waals surface area contributed by atoms with Gasteiger partial charge in [-0.2, -0.15) is 13.2 Å². The molecular formula is C29H24F3N5O2. The van der Waals surface area contributed by atoms with Gasteiger partial charge >= 0.3 is 11.9 Å².